The van der Waals surface area contributed by atoms with Crippen LogP contribution in [0.5, 0.6) is 17.2 Å². The monoisotopic (exact) mass is 244 g/mol. The summed E-state index contributed by atoms with van der Waals surface area (Å²) in [5.74, 6) is -0.540. The van der Waals surface area contributed by atoms with E-state index in [0.29, 0.717) is 11.1 Å². The maximum absolute atomic E-state index is 9.98. The summed E-state index contributed by atoms with van der Waals surface area (Å²) < 4.78 is 0. The van der Waals surface area contributed by atoms with Crippen molar-refractivity contribution in [2.45, 2.75) is 20.8 Å². The van der Waals surface area contributed by atoms with Gasteiger partial charge in [-0.3, -0.25) is 0 Å². The molecule has 3 nitrogen and oxygen atoms in total. The van der Waals surface area contributed by atoms with Crippen molar-refractivity contribution in [3.63, 3.8) is 0 Å². The molecule has 0 saturated carbocycles. The standard InChI is InChI=1S/C15H16O3/c1-8-4-9(2)6-11(5-8)14-10(3)12(16)7-13(17)15(14)18/h4-7,16-18H,1-3H3. The Morgan fingerprint density at radius 3 is 1.83 bits per heavy atom. The van der Waals surface area contributed by atoms with Crippen molar-refractivity contribution in [1.29, 1.82) is 0 Å². The Kier molecular flexibility index (Phi) is 2.91. The zero-order valence-corrected chi connectivity index (χ0v) is 10.7. The first-order valence-electron chi connectivity index (χ1n) is 5.73. The number of benzene rings is 2. The van der Waals surface area contributed by atoms with E-state index >= 15 is 0 Å². The molecule has 0 aliphatic carbocycles. The van der Waals surface area contributed by atoms with Crippen LogP contribution in [-0.4, -0.2) is 15.3 Å². The lowest BCUT2D eigenvalue weighted by Crippen LogP contribution is -1.88. The zero-order chi connectivity index (χ0) is 13.4. The molecule has 18 heavy (non-hydrogen) atoms. The van der Waals surface area contributed by atoms with Crippen LogP contribution in [0.1, 0.15) is 16.7 Å². The maximum Gasteiger partial charge on any atom is 0.165 e. The minimum Gasteiger partial charge on any atom is -0.508 e. The van der Waals surface area contributed by atoms with Crippen LogP contribution < -0.4 is 0 Å². The van der Waals surface area contributed by atoms with Gasteiger partial charge in [-0.05, 0) is 26.3 Å². The summed E-state index contributed by atoms with van der Waals surface area (Å²) in [5, 5.41) is 29.3. The molecule has 2 aromatic carbocycles. The fourth-order valence-electron chi connectivity index (χ4n) is 2.21. The molecule has 0 radical (unpaired) electrons. The van der Waals surface area contributed by atoms with Crippen LogP contribution in [0.2, 0.25) is 0 Å². The van der Waals surface area contributed by atoms with Gasteiger partial charge in [0, 0.05) is 17.2 Å². The topological polar surface area (TPSA) is 60.7 Å². The number of aryl methyl sites for hydroxylation is 2. The van der Waals surface area contributed by atoms with Crippen molar-refractivity contribution in [1.82, 2.24) is 0 Å². The van der Waals surface area contributed by atoms with Crippen LogP contribution in [0.4, 0.5) is 0 Å². The number of phenols is 3. The van der Waals surface area contributed by atoms with Gasteiger partial charge >= 0.3 is 0 Å². The Morgan fingerprint density at radius 1 is 0.722 bits per heavy atom. The molecular weight excluding hydrogens is 228 g/mol. The molecule has 0 bridgehead atoms. The van der Waals surface area contributed by atoms with Crippen molar-refractivity contribution in [3.8, 4) is 28.4 Å². The van der Waals surface area contributed by atoms with Gasteiger partial charge in [-0.25, -0.2) is 0 Å². The average molecular weight is 244 g/mol. The lowest BCUT2D eigenvalue weighted by atomic mass is 9.95. The lowest BCUT2D eigenvalue weighted by Gasteiger charge is -2.13. The van der Waals surface area contributed by atoms with Crippen LogP contribution in [0.25, 0.3) is 11.1 Å². The quantitative estimate of drug-likeness (QED) is 0.532. The molecule has 3 N–H and O–H groups in total. The van der Waals surface area contributed by atoms with Crippen molar-refractivity contribution >= 4 is 0 Å². The first kappa shape index (κ1) is 12.3. The lowest BCUT2D eigenvalue weighted by molar-refractivity contribution is 0.397. The van der Waals surface area contributed by atoms with Gasteiger partial charge in [-0.2, -0.15) is 0 Å². The summed E-state index contributed by atoms with van der Waals surface area (Å²) in [6.45, 7) is 5.64. The maximum atomic E-state index is 9.98. The Morgan fingerprint density at radius 2 is 1.28 bits per heavy atom. The fraction of sp³-hybridized carbons (Fsp3) is 0.200. The minimum absolute atomic E-state index is 0.0283. The third-order valence-corrected chi connectivity index (χ3v) is 3.02. The van der Waals surface area contributed by atoms with E-state index in [9.17, 15) is 15.3 Å². The SMILES string of the molecule is Cc1cc(C)cc(-c2c(C)c(O)cc(O)c2O)c1. The van der Waals surface area contributed by atoms with Crippen LogP contribution in [-0.2, 0) is 0 Å². The number of hydrogen-bond acceptors (Lipinski definition) is 3. The molecule has 0 spiro atoms. The number of aromatic hydroxyl groups is 3. The van der Waals surface area contributed by atoms with Crippen LogP contribution in [0.15, 0.2) is 24.3 Å². The molecule has 94 valence electrons. The van der Waals surface area contributed by atoms with E-state index in [-0.39, 0.29) is 17.2 Å². The van der Waals surface area contributed by atoms with E-state index in [1.807, 2.05) is 32.0 Å². The van der Waals surface area contributed by atoms with E-state index in [0.717, 1.165) is 22.8 Å². The normalized spacial score (nSPS) is 10.6. The highest BCUT2D eigenvalue weighted by atomic mass is 16.3. The summed E-state index contributed by atoms with van der Waals surface area (Å²) >= 11 is 0. The molecule has 2 rings (SSSR count). The molecular formula is C15H16O3. The first-order chi connectivity index (χ1) is 8.40. The Labute approximate surface area is 106 Å². The summed E-state index contributed by atoms with van der Waals surface area (Å²) in [4.78, 5) is 0. The van der Waals surface area contributed by atoms with Crippen molar-refractivity contribution in [2.24, 2.45) is 0 Å². The van der Waals surface area contributed by atoms with Gasteiger partial charge in [0.05, 0.1) is 0 Å². The molecule has 3 heteroatoms. The van der Waals surface area contributed by atoms with Gasteiger partial charge in [0.15, 0.2) is 11.5 Å². The van der Waals surface area contributed by atoms with Gasteiger partial charge in [0.2, 0.25) is 0 Å². The molecule has 0 saturated heterocycles. The molecule has 0 unspecified atom stereocenters. The predicted octanol–water partition coefficient (Wildman–Crippen LogP) is 3.40. The van der Waals surface area contributed by atoms with Gasteiger partial charge in [0.25, 0.3) is 0 Å². The summed E-state index contributed by atoms with van der Waals surface area (Å²) in [6.07, 6.45) is 0. The Balaban J connectivity index is 2.78. The molecule has 0 atom stereocenters. The van der Waals surface area contributed by atoms with E-state index in [1.165, 1.54) is 0 Å². The molecule has 0 amide bonds. The minimum atomic E-state index is -0.313. The second-order valence-corrected chi connectivity index (χ2v) is 4.64. The highest BCUT2D eigenvalue weighted by molar-refractivity contribution is 5.79. The van der Waals surface area contributed by atoms with Crippen molar-refractivity contribution in [2.75, 3.05) is 0 Å². The number of rotatable bonds is 1. The molecule has 0 aromatic heterocycles. The van der Waals surface area contributed by atoms with E-state index in [2.05, 4.69) is 0 Å². The van der Waals surface area contributed by atoms with E-state index in [1.54, 1.807) is 6.92 Å². The largest absolute Gasteiger partial charge is 0.508 e. The summed E-state index contributed by atoms with van der Waals surface area (Å²) in [6, 6.07) is 7.00. The molecule has 0 fully saturated rings. The third-order valence-electron chi connectivity index (χ3n) is 3.02. The van der Waals surface area contributed by atoms with Crippen LogP contribution in [0.3, 0.4) is 0 Å². The van der Waals surface area contributed by atoms with Crippen LogP contribution in [0, 0.1) is 20.8 Å². The molecule has 0 aliphatic rings. The smallest absolute Gasteiger partial charge is 0.165 e. The van der Waals surface area contributed by atoms with E-state index in [4.69, 9.17) is 0 Å². The summed E-state index contributed by atoms with van der Waals surface area (Å²) in [7, 11) is 0. The average Bonchev–Trinajstić information content (AvgIpc) is 2.25. The van der Waals surface area contributed by atoms with Gasteiger partial charge in [-0.15, -0.1) is 0 Å². The molecule has 2 aromatic rings. The van der Waals surface area contributed by atoms with Crippen LogP contribution >= 0.6 is 0 Å². The second-order valence-electron chi connectivity index (χ2n) is 4.64. The van der Waals surface area contributed by atoms with Gasteiger partial charge in [-0.1, -0.05) is 29.3 Å². The second kappa shape index (κ2) is 4.26. The zero-order valence-electron chi connectivity index (χ0n) is 10.7. The Hall–Kier alpha value is -2.16. The summed E-state index contributed by atoms with van der Waals surface area (Å²) in [5.41, 5.74) is 3.93. The highest BCUT2D eigenvalue weighted by Gasteiger charge is 2.16. The number of hydrogen-bond donors (Lipinski definition) is 3. The van der Waals surface area contributed by atoms with Gasteiger partial charge in [0.1, 0.15) is 5.75 Å². The van der Waals surface area contributed by atoms with E-state index < -0.39 is 0 Å². The third kappa shape index (κ3) is 1.99. The fourth-order valence-corrected chi connectivity index (χ4v) is 2.21. The highest BCUT2D eigenvalue weighted by Crippen LogP contribution is 2.43. The Bertz CT molecular complexity index is 569. The van der Waals surface area contributed by atoms with Gasteiger partial charge < -0.3 is 15.3 Å². The molecule has 0 aliphatic heterocycles. The van der Waals surface area contributed by atoms with Crippen molar-refractivity contribution in [3.05, 3.63) is 41.0 Å². The first-order valence-corrected chi connectivity index (χ1v) is 5.73. The predicted molar refractivity (Wildman–Crippen MR) is 71.1 cm³/mol. The molecule has 0 heterocycles. The van der Waals surface area contributed by atoms with Crippen molar-refractivity contribution < 1.29 is 15.3 Å². The number of phenolic OH excluding ortho intramolecular Hbond substituents is 3.